The van der Waals surface area contributed by atoms with Crippen LogP contribution in [0.2, 0.25) is 0 Å². The van der Waals surface area contributed by atoms with E-state index in [9.17, 15) is 13.9 Å². The van der Waals surface area contributed by atoms with E-state index in [1.54, 1.807) is 0 Å². The Morgan fingerprint density at radius 2 is 1.95 bits per heavy atom. The maximum absolute atomic E-state index is 14.1. The molecule has 0 radical (unpaired) electrons. The Bertz CT molecular complexity index is 640. The van der Waals surface area contributed by atoms with Crippen molar-refractivity contribution in [2.75, 3.05) is 0 Å². The first-order valence-electron chi connectivity index (χ1n) is 6.20. The normalized spacial score (nSPS) is 13.0. The average Bonchev–Trinajstić information content (AvgIpc) is 2.76. The van der Waals surface area contributed by atoms with Crippen molar-refractivity contribution >= 4 is 15.9 Å². The van der Waals surface area contributed by atoms with E-state index in [0.717, 1.165) is 6.07 Å². The maximum atomic E-state index is 14.1. The maximum Gasteiger partial charge on any atom is 0.135 e. The highest BCUT2D eigenvalue weighted by atomic mass is 79.9. The van der Waals surface area contributed by atoms with Crippen LogP contribution in [0.5, 0.6) is 0 Å². The third-order valence-electron chi connectivity index (χ3n) is 3.13. The second-order valence-electron chi connectivity index (χ2n) is 4.91. The molecule has 20 heavy (non-hydrogen) atoms. The highest BCUT2D eigenvalue weighted by Gasteiger charge is 2.27. The van der Waals surface area contributed by atoms with Crippen LogP contribution in [-0.4, -0.2) is 14.9 Å². The molecule has 1 heterocycles. The van der Waals surface area contributed by atoms with Gasteiger partial charge in [0.25, 0.3) is 0 Å². The van der Waals surface area contributed by atoms with Gasteiger partial charge in [-0.2, -0.15) is 5.10 Å². The molecule has 0 aliphatic rings. The zero-order valence-corrected chi connectivity index (χ0v) is 12.9. The lowest BCUT2D eigenvalue weighted by molar-refractivity contribution is 0.193. The summed E-state index contributed by atoms with van der Waals surface area (Å²) in [5.41, 5.74) is 0.267. The molecule has 1 N–H and O–H groups in total. The van der Waals surface area contributed by atoms with Crippen LogP contribution >= 0.6 is 15.9 Å². The topological polar surface area (TPSA) is 38.1 Å². The minimum absolute atomic E-state index is 0.0399. The summed E-state index contributed by atoms with van der Waals surface area (Å²) in [4.78, 5) is 0. The van der Waals surface area contributed by atoms with Gasteiger partial charge in [-0.1, -0.05) is 6.07 Å². The highest BCUT2D eigenvalue weighted by Crippen LogP contribution is 2.33. The van der Waals surface area contributed by atoms with Crippen molar-refractivity contribution < 1.29 is 13.9 Å². The number of aromatic nitrogens is 2. The van der Waals surface area contributed by atoms with Gasteiger partial charge >= 0.3 is 0 Å². The number of benzene rings is 1. The summed E-state index contributed by atoms with van der Waals surface area (Å²) >= 11 is 3.26. The van der Waals surface area contributed by atoms with Gasteiger partial charge < -0.3 is 5.11 Å². The third kappa shape index (κ3) is 2.50. The van der Waals surface area contributed by atoms with Gasteiger partial charge in [-0.25, -0.2) is 8.78 Å². The number of rotatable bonds is 3. The number of hydrogen-bond acceptors (Lipinski definition) is 2. The zero-order valence-electron chi connectivity index (χ0n) is 11.4. The summed E-state index contributed by atoms with van der Waals surface area (Å²) < 4.78 is 30.1. The molecule has 2 rings (SSSR count). The van der Waals surface area contributed by atoms with Crippen LogP contribution in [0.1, 0.15) is 42.8 Å². The van der Waals surface area contributed by atoms with Crippen LogP contribution in [0.15, 0.2) is 22.8 Å². The summed E-state index contributed by atoms with van der Waals surface area (Å²) in [5.74, 6) is -1.51. The molecule has 0 saturated carbocycles. The van der Waals surface area contributed by atoms with Crippen molar-refractivity contribution in [1.29, 1.82) is 0 Å². The van der Waals surface area contributed by atoms with Crippen molar-refractivity contribution in [2.45, 2.75) is 32.9 Å². The molecule has 1 unspecified atom stereocenters. The molecule has 0 saturated heterocycles. The Hall–Kier alpha value is -1.27. The van der Waals surface area contributed by atoms with Gasteiger partial charge in [-0.05, 0) is 48.3 Å². The number of halogens is 3. The minimum Gasteiger partial charge on any atom is -0.382 e. The number of nitrogens with zero attached hydrogens (tertiary/aromatic N) is 2. The predicted octanol–water partition coefficient (Wildman–Crippen LogP) is 3.89. The summed E-state index contributed by atoms with van der Waals surface area (Å²) in [5, 5.41) is 14.5. The Balaban J connectivity index is 2.61. The number of aryl methyl sites for hydroxylation is 1. The predicted molar refractivity (Wildman–Crippen MR) is 75.5 cm³/mol. The first-order valence-corrected chi connectivity index (χ1v) is 6.99. The summed E-state index contributed by atoms with van der Waals surface area (Å²) in [6.07, 6.45) is 0.0821. The van der Waals surface area contributed by atoms with Crippen molar-refractivity contribution in [3.05, 3.63) is 51.3 Å². The van der Waals surface area contributed by atoms with E-state index in [-0.39, 0.29) is 17.2 Å². The van der Waals surface area contributed by atoms with Gasteiger partial charge in [-0.3, -0.25) is 4.68 Å². The molecule has 1 atom stereocenters. The largest absolute Gasteiger partial charge is 0.382 e. The molecule has 0 spiro atoms. The molecule has 1 aromatic carbocycles. The van der Waals surface area contributed by atoms with E-state index < -0.39 is 17.7 Å². The number of aliphatic hydroxyl groups is 1. The lowest BCUT2D eigenvalue weighted by Crippen LogP contribution is -2.15. The second kappa shape index (κ2) is 5.61. The Labute approximate surface area is 124 Å². The van der Waals surface area contributed by atoms with Gasteiger partial charge in [0.05, 0.1) is 21.9 Å². The Morgan fingerprint density at radius 3 is 2.55 bits per heavy atom. The van der Waals surface area contributed by atoms with E-state index in [2.05, 4.69) is 21.0 Å². The summed E-state index contributed by atoms with van der Waals surface area (Å²) in [7, 11) is 0. The fraction of sp³-hybridized carbons (Fsp3) is 0.357. The lowest BCUT2D eigenvalue weighted by atomic mass is 10.0. The van der Waals surface area contributed by atoms with Crippen LogP contribution in [0.3, 0.4) is 0 Å². The number of aliphatic hydroxyl groups excluding tert-OH is 1. The van der Waals surface area contributed by atoms with Crippen LogP contribution in [0.25, 0.3) is 0 Å². The molecule has 0 aliphatic carbocycles. The van der Waals surface area contributed by atoms with Crippen molar-refractivity contribution in [3.63, 3.8) is 0 Å². The quantitative estimate of drug-likeness (QED) is 0.916. The molecule has 3 nitrogen and oxygen atoms in total. The van der Waals surface area contributed by atoms with Crippen molar-refractivity contribution in [1.82, 2.24) is 9.78 Å². The van der Waals surface area contributed by atoms with E-state index in [1.807, 2.05) is 13.8 Å². The smallest absolute Gasteiger partial charge is 0.135 e. The molecule has 1 aromatic heterocycles. The van der Waals surface area contributed by atoms with Gasteiger partial charge in [0, 0.05) is 6.04 Å². The lowest BCUT2D eigenvalue weighted by Gasteiger charge is -2.18. The number of hydrogen-bond donors (Lipinski definition) is 1. The van der Waals surface area contributed by atoms with E-state index in [1.165, 1.54) is 23.9 Å². The van der Waals surface area contributed by atoms with Gasteiger partial charge in [0.1, 0.15) is 17.7 Å². The fourth-order valence-corrected chi connectivity index (χ4v) is 2.57. The van der Waals surface area contributed by atoms with Gasteiger partial charge in [-0.15, -0.1) is 0 Å². The minimum atomic E-state index is -1.42. The SMILES string of the molecule is Cc1ccc(F)c(C(O)c2c(Br)cnn2C(C)C)c1F. The first-order chi connectivity index (χ1) is 9.34. The molecular formula is C14H15BrF2N2O. The zero-order chi connectivity index (χ0) is 15.0. The Kier molecular flexibility index (Phi) is 4.25. The van der Waals surface area contributed by atoms with E-state index in [4.69, 9.17) is 0 Å². The standard InChI is InChI=1S/C14H15BrF2N2O/c1-7(2)19-13(9(15)6-18-19)14(20)11-10(16)5-4-8(3)12(11)17/h4-7,14,20H,1-3H3. The fourth-order valence-electron chi connectivity index (χ4n) is 2.08. The van der Waals surface area contributed by atoms with Crippen LogP contribution in [0.4, 0.5) is 8.78 Å². The summed E-state index contributed by atoms with van der Waals surface area (Å²) in [6.45, 7) is 5.27. The Morgan fingerprint density at radius 1 is 1.30 bits per heavy atom. The molecule has 108 valence electrons. The first kappa shape index (κ1) is 15.1. The average molecular weight is 345 g/mol. The van der Waals surface area contributed by atoms with Crippen molar-refractivity contribution in [2.24, 2.45) is 0 Å². The molecule has 0 bridgehead atoms. The monoisotopic (exact) mass is 344 g/mol. The van der Waals surface area contributed by atoms with Crippen LogP contribution in [0, 0.1) is 18.6 Å². The van der Waals surface area contributed by atoms with E-state index >= 15 is 0 Å². The molecule has 6 heteroatoms. The third-order valence-corrected chi connectivity index (χ3v) is 3.74. The van der Waals surface area contributed by atoms with E-state index in [0.29, 0.717) is 10.2 Å². The molecule has 0 fully saturated rings. The van der Waals surface area contributed by atoms with Gasteiger partial charge in [0.2, 0.25) is 0 Å². The second-order valence-corrected chi connectivity index (χ2v) is 5.76. The molecule has 0 amide bonds. The summed E-state index contributed by atoms with van der Waals surface area (Å²) in [6, 6.07) is 2.46. The van der Waals surface area contributed by atoms with Crippen LogP contribution in [-0.2, 0) is 0 Å². The van der Waals surface area contributed by atoms with Crippen molar-refractivity contribution in [3.8, 4) is 0 Å². The molecule has 2 aromatic rings. The molecular weight excluding hydrogens is 330 g/mol. The highest BCUT2D eigenvalue weighted by molar-refractivity contribution is 9.10. The van der Waals surface area contributed by atoms with Gasteiger partial charge in [0.15, 0.2) is 0 Å². The van der Waals surface area contributed by atoms with Crippen LogP contribution < -0.4 is 0 Å². The molecule has 0 aliphatic heterocycles.